The summed E-state index contributed by atoms with van der Waals surface area (Å²) in [7, 11) is 0. The van der Waals surface area contributed by atoms with E-state index in [0.29, 0.717) is 22.5 Å². The number of hydrogen-bond donors (Lipinski definition) is 2. The number of carbonyl (C=O) groups excluding carboxylic acids is 1. The monoisotopic (exact) mass is 381 g/mol. The van der Waals surface area contributed by atoms with E-state index in [1.165, 1.54) is 0 Å². The number of benzene rings is 1. The molecule has 1 aromatic carbocycles. The Kier molecular flexibility index (Phi) is 4.56. The molecule has 28 heavy (non-hydrogen) atoms. The Labute approximate surface area is 163 Å². The van der Waals surface area contributed by atoms with Crippen LogP contribution in [0.4, 0.5) is 10.5 Å². The molecule has 1 aromatic heterocycles. The molecular weight excluding hydrogens is 358 g/mol. The molecule has 3 rings (SSSR count). The Hall–Kier alpha value is -3.11. The zero-order valence-electron chi connectivity index (χ0n) is 16.6. The van der Waals surface area contributed by atoms with Gasteiger partial charge < -0.3 is 15.2 Å². The number of aromatic nitrogens is 1. The smallest absolute Gasteiger partial charge is 0.417 e. The molecule has 0 saturated carbocycles. The minimum Gasteiger partial charge on any atom is -0.464 e. The third kappa shape index (κ3) is 3.27. The van der Waals surface area contributed by atoms with E-state index in [1.54, 1.807) is 18.2 Å². The van der Waals surface area contributed by atoms with E-state index in [1.807, 2.05) is 46.8 Å². The van der Waals surface area contributed by atoms with Gasteiger partial charge in [0.15, 0.2) is 0 Å². The number of nitrogens with one attached hydrogen (secondary N) is 1. The van der Waals surface area contributed by atoms with Gasteiger partial charge in [-0.2, -0.15) is 5.26 Å². The van der Waals surface area contributed by atoms with E-state index in [9.17, 15) is 20.0 Å². The molecule has 0 unspecified atom stereocenters. The molecule has 0 fully saturated rings. The first-order chi connectivity index (χ1) is 13.0. The van der Waals surface area contributed by atoms with Gasteiger partial charge in [-0.05, 0) is 48.6 Å². The third-order valence-electron chi connectivity index (χ3n) is 4.91. The van der Waals surface area contributed by atoms with Crippen molar-refractivity contribution in [3.8, 4) is 17.3 Å². The number of anilines is 1. The number of nitrogens with zero attached hydrogens (tertiary/aromatic N) is 2. The highest BCUT2D eigenvalue weighted by molar-refractivity contribution is 5.94. The summed E-state index contributed by atoms with van der Waals surface area (Å²) >= 11 is 0. The van der Waals surface area contributed by atoms with E-state index in [-0.39, 0.29) is 18.2 Å². The third-order valence-corrected chi connectivity index (χ3v) is 4.91. The van der Waals surface area contributed by atoms with Crippen LogP contribution >= 0.6 is 0 Å². The van der Waals surface area contributed by atoms with Crippen LogP contribution in [0.2, 0.25) is 0 Å². The van der Waals surface area contributed by atoms with Crippen molar-refractivity contribution in [1.82, 2.24) is 4.57 Å². The highest BCUT2D eigenvalue weighted by Crippen LogP contribution is 2.38. The Balaban J connectivity index is 2.27. The first-order valence-electron chi connectivity index (χ1n) is 8.94. The van der Waals surface area contributed by atoms with E-state index < -0.39 is 17.1 Å². The van der Waals surface area contributed by atoms with Gasteiger partial charge in [-0.15, -0.1) is 0 Å². The fourth-order valence-corrected chi connectivity index (χ4v) is 3.42. The zero-order chi connectivity index (χ0) is 20.9. The van der Waals surface area contributed by atoms with Crippen LogP contribution in [0.5, 0.6) is 0 Å². The summed E-state index contributed by atoms with van der Waals surface area (Å²) in [6.45, 7) is 9.45. The van der Waals surface area contributed by atoms with Crippen molar-refractivity contribution in [2.45, 2.75) is 45.6 Å². The molecule has 1 aliphatic heterocycles. The molecule has 146 valence electrons. The van der Waals surface area contributed by atoms with E-state index in [4.69, 9.17) is 4.74 Å². The molecule has 0 spiro atoms. The molecule has 0 saturated heterocycles. The molecule has 0 bridgehead atoms. The maximum absolute atomic E-state index is 12.0. The fraction of sp³-hybridized carbons (Fsp3) is 0.381. The van der Waals surface area contributed by atoms with Crippen LogP contribution in [0, 0.1) is 11.3 Å². The topological polar surface area (TPSA) is 104 Å². The zero-order valence-corrected chi connectivity index (χ0v) is 16.6. The predicted molar refractivity (Wildman–Crippen MR) is 104 cm³/mol. The molecule has 0 aliphatic carbocycles. The van der Waals surface area contributed by atoms with Crippen LogP contribution in [0.15, 0.2) is 24.3 Å². The van der Waals surface area contributed by atoms with Crippen LogP contribution in [0.3, 0.4) is 0 Å². The lowest BCUT2D eigenvalue weighted by molar-refractivity contribution is -0.125. The van der Waals surface area contributed by atoms with Gasteiger partial charge in [0, 0.05) is 11.3 Å². The van der Waals surface area contributed by atoms with Crippen LogP contribution in [0.1, 0.15) is 51.4 Å². The SMILES string of the molecule is CC(C)(C)c1cc(-c2ccc3c(c2)C(C)(C)OCC(=O)N3)n(C(=O)O)c1C#N. The lowest BCUT2D eigenvalue weighted by Gasteiger charge is -2.25. The maximum Gasteiger partial charge on any atom is 0.417 e. The van der Waals surface area contributed by atoms with Gasteiger partial charge in [0.25, 0.3) is 0 Å². The van der Waals surface area contributed by atoms with Crippen LogP contribution < -0.4 is 5.32 Å². The molecule has 1 aliphatic rings. The first kappa shape index (κ1) is 19.6. The van der Waals surface area contributed by atoms with Gasteiger partial charge >= 0.3 is 6.09 Å². The van der Waals surface area contributed by atoms with Crippen molar-refractivity contribution in [2.75, 3.05) is 11.9 Å². The maximum atomic E-state index is 12.0. The minimum atomic E-state index is -1.22. The highest BCUT2D eigenvalue weighted by atomic mass is 16.5. The number of rotatable bonds is 1. The number of amides is 1. The average Bonchev–Trinajstić information content (AvgIpc) is 2.95. The van der Waals surface area contributed by atoms with Crippen molar-refractivity contribution in [3.63, 3.8) is 0 Å². The Morgan fingerprint density at radius 1 is 1.32 bits per heavy atom. The standard InChI is InChI=1S/C21H23N3O4/c1-20(2,3)14-9-16(24(19(26)27)17(14)10-22)12-6-7-15-13(8-12)21(4,5)28-11-18(25)23-15/h6-9H,11H2,1-5H3,(H,23,25)(H,26,27). The summed E-state index contributed by atoms with van der Waals surface area (Å²) in [5, 5.41) is 22.2. The van der Waals surface area contributed by atoms with Gasteiger partial charge in [-0.1, -0.05) is 26.8 Å². The normalized spacial score (nSPS) is 15.9. The molecule has 7 heteroatoms. The summed E-state index contributed by atoms with van der Waals surface area (Å²) in [6.07, 6.45) is -1.22. The van der Waals surface area contributed by atoms with E-state index in [0.717, 1.165) is 10.1 Å². The van der Waals surface area contributed by atoms with Crippen LogP contribution in [-0.4, -0.2) is 28.3 Å². The minimum absolute atomic E-state index is 0.0602. The van der Waals surface area contributed by atoms with E-state index >= 15 is 0 Å². The summed E-state index contributed by atoms with van der Waals surface area (Å²) < 4.78 is 6.73. The van der Waals surface area contributed by atoms with E-state index in [2.05, 4.69) is 5.32 Å². The molecule has 1 amide bonds. The van der Waals surface area contributed by atoms with Gasteiger partial charge in [0.1, 0.15) is 18.4 Å². The largest absolute Gasteiger partial charge is 0.464 e. The van der Waals surface area contributed by atoms with Crippen molar-refractivity contribution in [2.24, 2.45) is 0 Å². The molecule has 0 radical (unpaired) electrons. The van der Waals surface area contributed by atoms with Gasteiger partial charge in [-0.25, -0.2) is 9.36 Å². The number of hydrogen-bond acceptors (Lipinski definition) is 4. The van der Waals surface area contributed by atoms with Gasteiger partial charge in [0.2, 0.25) is 5.91 Å². The van der Waals surface area contributed by atoms with Crippen molar-refractivity contribution in [3.05, 3.63) is 41.1 Å². The molecule has 0 atom stereocenters. The summed E-state index contributed by atoms with van der Waals surface area (Å²) in [6, 6.07) is 9.07. The average molecular weight is 381 g/mol. The molecule has 2 aromatic rings. The highest BCUT2D eigenvalue weighted by Gasteiger charge is 2.32. The molecular formula is C21H23N3O4. The van der Waals surface area contributed by atoms with Gasteiger partial charge in [-0.3, -0.25) is 4.79 Å². The second-order valence-electron chi connectivity index (χ2n) is 8.38. The number of nitriles is 1. The van der Waals surface area contributed by atoms with Crippen LogP contribution in [0.25, 0.3) is 11.3 Å². The number of carbonyl (C=O) groups is 2. The Bertz CT molecular complexity index is 1020. The van der Waals surface area contributed by atoms with Crippen LogP contribution in [-0.2, 0) is 20.5 Å². The summed E-state index contributed by atoms with van der Waals surface area (Å²) in [5.41, 5.74) is 2.02. The Morgan fingerprint density at radius 2 is 2.00 bits per heavy atom. The lowest BCUT2D eigenvalue weighted by atomic mass is 9.86. The second-order valence-corrected chi connectivity index (χ2v) is 8.38. The molecule has 2 heterocycles. The van der Waals surface area contributed by atoms with Gasteiger partial charge in [0.05, 0.1) is 11.3 Å². The number of fused-ring (bicyclic) bond motifs is 1. The quantitative estimate of drug-likeness (QED) is 0.775. The molecule has 7 nitrogen and oxygen atoms in total. The molecule has 2 N–H and O–H groups in total. The van der Waals surface area contributed by atoms with Crippen molar-refractivity contribution in [1.29, 1.82) is 5.26 Å². The predicted octanol–water partition coefficient (Wildman–Crippen LogP) is 4.05. The van der Waals surface area contributed by atoms with Crippen molar-refractivity contribution < 1.29 is 19.4 Å². The summed E-state index contributed by atoms with van der Waals surface area (Å²) in [5.74, 6) is -0.240. The fourth-order valence-electron chi connectivity index (χ4n) is 3.42. The summed E-state index contributed by atoms with van der Waals surface area (Å²) in [4.78, 5) is 23.8. The first-order valence-corrected chi connectivity index (χ1v) is 8.94. The van der Waals surface area contributed by atoms with Crippen molar-refractivity contribution >= 4 is 17.7 Å². The number of ether oxygens (including phenoxy) is 1. The second kappa shape index (κ2) is 6.50. The number of carboxylic acid groups (broad SMARTS) is 1. The lowest BCUT2D eigenvalue weighted by Crippen LogP contribution is -2.23. The Morgan fingerprint density at radius 3 is 2.57 bits per heavy atom.